The van der Waals surface area contributed by atoms with Crippen molar-refractivity contribution in [2.75, 3.05) is 26.7 Å². The van der Waals surface area contributed by atoms with Crippen LogP contribution in [0, 0.1) is 18.3 Å². The monoisotopic (exact) mass is 494 g/mol. The molecule has 0 saturated carbocycles. The Morgan fingerprint density at radius 3 is 2.22 bits per heavy atom. The molecule has 1 aliphatic rings. The molecule has 4 rings (SSSR count). The average Bonchev–Trinajstić information content (AvgIpc) is 2.95. The zero-order valence-corrected chi connectivity index (χ0v) is 22.3. The van der Waals surface area contributed by atoms with E-state index in [-0.39, 0.29) is 11.9 Å². The second-order valence-electron chi connectivity index (χ2n) is 10.3. The van der Waals surface area contributed by atoms with E-state index in [9.17, 15) is 4.79 Å². The number of nitrogens with zero attached hydrogens (tertiary/aromatic N) is 2. The Morgan fingerprint density at radius 2 is 1.62 bits per heavy atom. The van der Waals surface area contributed by atoms with Gasteiger partial charge in [0.1, 0.15) is 5.75 Å². The van der Waals surface area contributed by atoms with Crippen molar-refractivity contribution >= 4 is 5.91 Å². The summed E-state index contributed by atoms with van der Waals surface area (Å²) in [5, 5.41) is 0. The van der Waals surface area contributed by atoms with Crippen LogP contribution in [0.4, 0.5) is 0 Å². The summed E-state index contributed by atoms with van der Waals surface area (Å²) in [6.45, 7) is 8.29. The molecule has 1 heterocycles. The summed E-state index contributed by atoms with van der Waals surface area (Å²) in [5.41, 5.74) is 4.66. The van der Waals surface area contributed by atoms with Crippen LogP contribution in [0.5, 0.6) is 5.75 Å². The Balaban J connectivity index is 1.53. The fourth-order valence-electron chi connectivity index (χ4n) is 5.00. The number of piperidine rings is 1. The number of rotatable bonds is 9. The van der Waals surface area contributed by atoms with E-state index in [0.717, 1.165) is 54.9 Å². The van der Waals surface area contributed by atoms with Crippen molar-refractivity contribution in [1.29, 1.82) is 0 Å². The number of carbonyl (C=O) groups is 1. The summed E-state index contributed by atoms with van der Waals surface area (Å²) in [5.74, 6) is 4.27. The molecule has 37 heavy (non-hydrogen) atoms. The summed E-state index contributed by atoms with van der Waals surface area (Å²) >= 11 is 0. The fourth-order valence-corrected chi connectivity index (χ4v) is 5.00. The van der Waals surface area contributed by atoms with Gasteiger partial charge in [-0.2, -0.15) is 0 Å². The average molecular weight is 495 g/mol. The first kappa shape index (κ1) is 26.5. The van der Waals surface area contributed by atoms with Crippen molar-refractivity contribution < 1.29 is 9.53 Å². The smallest absolute Gasteiger partial charge is 0.255 e. The molecule has 0 N–H and O–H groups in total. The van der Waals surface area contributed by atoms with E-state index in [0.29, 0.717) is 23.6 Å². The lowest BCUT2D eigenvalue weighted by molar-refractivity contribution is 0.0546. The maximum atomic E-state index is 13.9. The molecule has 1 fully saturated rings. The van der Waals surface area contributed by atoms with Crippen molar-refractivity contribution in [3.8, 4) is 29.2 Å². The number of hydrogen-bond acceptors (Lipinski definition) is 3. The highest BCUT2D eigenvalue weighted by Gasteiger charge is 2.29. The summed E-state index contributed by atoms with van der Waals surface area (Å²) in [4.78, 5) is 18.5. The fraction of sp³-hybridized carbons (Fsp3) is 0.364. The maximum absolute atomic E-state index is 13.9. The number of benzene rings is 3. The molecule has 0 spiro atoms. The van der Waals surface area contributed by atoms with Crippen LogP contribution in [0.25, 0.3) is 11.1 Å². The summed E-state index contributed by atoms with van der Waals surface area (Å²) < 4.78 is 5.28. The third-order valence-electron chi connectivity index (χ3n) is 7.32. The Kier molecular flexibility index (Phi) is 9.04. The Morgan fingerprint density at radius 1 is 1.00 bits per heavy atom. The highest BCUT2D eigenvalue weighted by molar-refractivity contribution is 5.97. The van der Waals surface area contributed by atoms with Crippen LogP contribution in [-0.2, 0) is 6.54 Å². The third-order valence-corrected chi connectivity index (χ3v) is 7.32. The normalized spacial score (nSPS) is 14.4. The molecule has 0 radical (unpaired) electrons. The van der Waals surface area contributed by atoms with Gasteiger partial charge in [0.05, 0.1) is 12.7 Å². The molecule has 192 valence electrons. The van der Waals surface area contributed by atoms with E-state index in [2.05, 4.69) is 66.0 Å². The maximum Gasteiger partial charge on any atom is 0.255 e. The first-order valence-corrected chi connectivity index (χ1v) is 13.3. The summed E-state index contributed by atoms with van der Waals surface area (Å²) in [6, 6.07) is 24.3. The van der Waals surface area contributed by atoms with Gasteiger partial charge in [0.25, 0.3) is 5.91 Å². The highest BCUT2D eigenvalue weighted by atomic mass is 16.5. The molecular weight excluding hydrogens is 456 g/mol. The van der Waals surface area contributed by atoms with Crippen molar-refractivity contribution in [1.82, 2.24) is 9.80 Å². The van der Waals surface area contributed by atoms with E-state index in [4.69, 9.17) is 11.2 Å². The zero-order chi connectivity index (χ0) is 26.2. The largest absolute Gasteiger partial charge is 0.497 e. The standard InChI is InChI=1S/C33H38N2O2/c1-5-27-8-6-7-9-32(27)33(36)35(30-19-22-34(23-20-30)21-18-25(2)3)24-26-10-12-28(13-11-26)29-14-16-31(37-4)17-15-29/h1,6-17,25,30H,18-24H2,2-4H3. The highest BCUT2D eigenvalue weighted by Crippen LogP contribution is 2.26. The molecule has 4 heteroatoms. The van der Waals surface area contributed by atoms with Crippen LogP contribution in [0.3, 0.4) is 0 Å². The van der Waals surface area contributed by atoms with Crippen molar-refractivity contribution in [2.45, 2.75) is 45.7 Å². The molecule has 0 bridgehead atoms. The van der Waals surface area contributed by atoms with Crippen molar-refractivity contribution in [2.24, 2.45) is 5.92 Å². The molecule has 3 aromatic rings. The first-order valence-electron chi connectivity index (χ1n) is 13.3. The lowest BCUT2D eigenvalue weighted by Gasteiger charge is -2.39. The van der Waals surface area contributed by atoms with Gasteiger partial charge < -0.3 is 14.5 Å². The van der Waals surface area contributed by atoms with Crippen LogP contribution in [-0.4, -0.2) is 48.5 Å². The summed E-state index contributed by atoms with van der Waals surface area (Å²) in [7, 11) is 1.67. The van der Waals surface area contributed by atoms with Crippen molar-refractivity contribution in [3.63, 3.8) is 0 Å². The molecule has 4 nitrogen and oxygen atoms in total. The van der Waals surface area contributed by atoms with E-state index in [1.54, 1.807) is 7.11 Å². The molecule has 0 atom stereocenters. The van der Waals surface area contributed by atoms with Crippen LogP contribution in [0.2, 0.25) is 0 Å². The number of hydrogen-bond donors (Lipinski definition) is 0. The quantitative estimate of drug-likeness (QED) is 0.319. The van der Waals surface area contributed by atoms with Gasteiger partial charge in [-0.3, -0.25) is 4.79 Å². The number of carbonyl (C=O) groups excluding carboxylic acids is 1. The lowest BCUT2D eigenvalue weighted by Crippen LogP contribution is -2.47. The van der Waals surface area contributed by atoms with Gasteiger partial charge in [-0.15, -0.1) is 6.42 Å². The van der Waals surface area contributed by atoms with Crippen LogP contribution < -0.4 is 4.74 Å². The van der Waals surface area contributed by atoms with E-state index in [1.807, 2.05) is 36.4 Å². The first-order chi connectivity index (χ1) is 18.0. The number of methoxy groups -OCH3 is 1. The second kappa shape index (κ2) is 12.6. The number of ether oxygens (including phenoxy) is 1. The van der Waals surface area contributed by atoms with E-state index >= 15 is 0 Å². The predicted molar refractivity (Wildman–Crippen MR) is 152 cm³/mol. The molecule has 1 saturated heterocycles. The molecule has 0 unspecified atom stereocenters. The minimum absolute atomic E-state index is 0.0217. The molecule has 1 aliphatic heterocycles. The van der Waals surface area contributed by atoms with Crippen LogP contribution in [0.1, 0.15) is 54.6 Å². The third kappa shape index (κ3) is 6.81. The van der Waals surface area contributed by atoms with Crippen LogP contribution >= 0.6 is 0 Å². The molecule has 0 aromatic heterocycles. The van der Waals surface area contributed by atoms with Crippen molar-refractivity contribution in [3.05, 3.63) is 89.5 Å². The minimum atomic E-state index is 0.0217. The van der Waals surface area contributed by atoms with Gasteiger partial charge in [-0.25, -0.2) is 0 Å². The Bertz CT molecular complexity index is 1200. The van der Waals surface area contributed by atoms with Gasteiger partial charge >= 0.3 is 0 Å². The summed E-state index contributed by atoms with van der Waals surface area (Å²) in [6.07, 6.45) is 8.92. The Labute approximate surface area is 222 Å². The topological polar surface area (TPSA) is 32.8 Å². The van der Waals surface area contributed by atoms with Crippen LogP contribution in [0.15, 0.2) is 72.8 Å². The van der Waals surface area contributed by atoms with Gasteiger partial charge in [0.2, 0.25) is 0 Å². The molecular formula is C33H38N2O2. The molecule has 3 aromatic carbocycles. The van der Waals surface area contributed by atoms with Gasteiger partial charge in [-0.1, -0.05) is 68.3 Å². The minimum Gasteiger partial charge on any atom is -0.497 e. The molecule has 0 aliphatic carbocycles. The number of likely N-dealkylation sites (tertiary alicyclic amines) is 1. The van der Waals surface area contributed by atoms with Gasteiger partial charge in [0, 0.05) is 31.2 Å². The lowest BCUT2D eigenvalue weighted by atomic mass is 9.98. The van der Waals surface area contributed by atoms with E-state index in [1.165, 1.54) is 6.42 Å². The van der Waals surface area contributed by atoms with Gasteiger partial charge in [-0.05, 0) is 72.7 Å². The Hall–Kier alpha value is -3.55. The number of terminal acetylenes is 1. The van der Waals surface area contributed by atoms with E-state index < -0.39 is 0 Å². The molecule has 1 amide bonds. The number of amides is 1. The van der Waals surface area contributed by atoms with Gasteiger partial charge in [0.15, 0.2) is 0 Å². The predicted octanol–water partition coefficient (Wildman–Crippen LogP) is 6.50. The zero-order valence-electron chi connectivity index (χ0n) is 22.3. The SMILES string of the molecule is C#Cc1ccccc1C(=O)N(Cc1ccc(-c2ccc(OC)cc2)cc1)C1CCN(CCC(C)C)CC1. The second-order valence-corrected chi connectivity index (χ2v) is 10.3.